The van der Waals surface area contributed by atoms with Gasteiger partial charge < -0.3 is 10.6 Å². The Kier molecular flexibility index (Phi) is 4.90. The molecule has 88 valence electrons. The third-order valence-corrected chi connectivity index (χ3v) is 2.87. The molecule has 1 aromatic carbocycles. The summed E-state index contributed by atoms with van der Waals surface area (Å²) in [5.74, 6) is 0. The number of amides is 2. The first-order chi connectivity index (χ1) is 7.54. The molecular formula is C11H14Cl2N2O. The first kappa shape index (κ1) is 13.1. The van der Waals surface area contributed by atoms with Gasteiger partial charge in [0.05, 0.1) is 16.1 Å². The van der Waals surface area contributed by atoms with Crippen LogP contribution in [0, 0.1) is 0 Å². The fraction of sp³-hybridized carbons (Fsp3) is 0.364. The Balaban J connectivity index is 2.69. The highest BCUT2D eigenvalue weighted by Crippen LogP contribution is 2.25. The van der Waals surface area contributed by atoms with Crippen molar-refractivity contribution in [3.05, 3.63) is 33.8 Å². The SMILES string of the molecule is CCNC(=O)NC(C)c1ccc(Cl)c(Cl)c1. The number of rotatable bonds is 3. The second kappa shape index (κ2) is 5.97. The number of hydrogen-bond acceptors (Lipinski definition) is 1. The van der Waals surface area contributed by atoms with Gasteiger partial charge in [-0.15, -0.1) is 0 Å². The number of nitrogens with one attached hydrogen (secondary N) is 2. The molecule has 1 unspecified atom stereocenters. The number of halogens is 2. The van der Waals surface area contributed by atoms with E-state index < -0.39 is 0 Å². The Morgan fingerprint density at radius 2 is 2.06 bits per heavy atom. The summed E-state index contributed by atoms with van der Waals surface area (Å²) < 4.78 is 0. The summed E-state index contributed by atoms with van der Waals surface area (Å²) in [4.78, 5) is 11.3. The number of hydrogen-bond donors (Lipinski definition) is 2. The lowest BCUT2D eigenvalue weighted by Crippen LogP contribution is -2.36. The number of benzene rings is 1. The van der Waals surface area contributed by atoms with Crippen LogP contribution in [-0.4, -0.2) is 12.6 Å². The molecule has 2 amide bonds. The van der Waals surface area contributed by atoms with E-state index in [2.05, 4.69) is 10.6 Å². The normalized spacial score (nSPS) is 12.0. The van der Waals surface area contributed by atoms with Gasteiger partial charge in [-0.2, -0.15) is 0 Å². The topological polar surface area (TPSA) is 41.1 Å². The van der Waals surface area contributed by atoms with Gasteiger partial charge in [-0.05, 0) is 31.5 Å². The fourth-order valence-corrected chi connectivity index (χ4v) is 1.58. The van der Waals surface area contributed by atoms with Gasteiger partial charge in [0.1, 0.15) is 0 Å². The van der Waals surface area contributed by atoms with Gasteiger partial charge >= 0.3 is 6.03 Å². The second-order valence-corrected chi connectivity index (χ2v) is 4.21. The maximum absolute atomic E-state index is 11.3. The monoisotopic (exact) mass is 260 g/mol. The predicted octanol–water partition coefficient (Wildman–Crippen LogP) is 3.37. The van der Waals surface area contributed by atoms with Crippen molar-refractivity contribution in [3.63, 3.8) is 0 Å². The van der Waals surface area contributed by atoms with Crippen LogP contribution in [0.1, 0.15) is 25.5 Å². The molecule has 0 aliphatic heterocycles. The van der Waals surface area contributed by atoms with Crippen molar-refractivity contribution < 1.29 is 4.79 Å². The average molecular weight is 261 g/mol. The molecule has 0 aliphatic rings. The van der Waals surface area contributed by atoms with Gasteiger partial charge in [-0.25, -0.2) is 4.79 Å². The lowest BCUT2D eigenvalue weighted by atomic mass is 10.1. The van der Waals surface area contributed by atoms with Crippen LogP contribution in [0.4, 0.5) is 4.79 Å². The van der Waals surface area contributed by atoms with E-state index in [1.54, 1.807) is 12.1 Å². The molecule has 2 N–H and O–H groups in total. The zero-order valence-electron chi connectivity index (χ0n) is 9.18. The van der Waals surface area contributed by atoms with Crippen LogP contribution in [0.15, 0.2) is 18.2 Å². The molecule has 0 heterocycles. The Hall–Kier alpha value is -0.930. The molecule has 5 heteroatoms. The molecule has 1 rings (SSSR count). The van der Waals surface area contributed by atoms with Crippen LogP contribution in [0.3, 0.4) is 0 Å². The third kappa shape index (κ3) is 3.58. The number of carbonyl (C=O) groups is 1. The van der Waals surface area contributed by atoms with E-state index in [1.165, 1.54) is 0 Å². The largest absolute Gasteiger partial charge is 0.338 e. The van der Waals surface area contributed by atoms with Crippen molar-refractivity contribution in [1.82, 2.24) is 10.6 Å². The minimum Gasteiger partial charge on any atom is -0.338 e. The van der Waals surface area contributed by atoms with Gasteiger partial charge in [0, 0.05) is 6.54 Å². The molecule has 0 radical (unpaired) electrons. The van der Waals surface area contributed by atoms with E-state index in [0.29, 0.717) is 16.6 Å². The fourth-order valence-electron chi connectivity index (χ4n) is 1.27. The highest BCUT2D eigenvalue weighted by Gasteiger charge is 2.09. The summed E-state index contributed by atoms with van der Waals surface area (Å²) in [6.45, 7) is 4.35. The zero-order valence-corrected chi connectivity index (χ0v) is 10.7. The van der Waals surface area contributed by atoms with E-state index in [-0.39, 0.29) is 12.1 Å². The number of carbonyl (C=O) groups excluding carboxylic acids is 1. The summed E-state index contributed by atoms with van der Waals surface area (Å²) in [7, 11) is 0. The summed E-state index contributed by atoms with van der Waals surface area (Å²) in [6, 6.07) is 5.00. The van der Waals surface area contributed by atoms with Crippen LogP contribution in [0.25, 0.3) is 0 Å². The molecule has 0 saturated heterocycles. The second-order valence-electron chi connectivity index (χ2n) is 3.40. The molecule has 0 aliphatic carbocycles. The Labute approximate surface area is 105 Å². The molecule has 16 heavy (non-hydrogen) atoms. The molecule has 0 bridgehead atoms. The van der Waals surface area contributed by atoms with Crippen LogP contribution >= 0.6 is 23.2 Å². The van der Waals surface area contributed by atoms with Crippen molar-refractivity contribution in [2.45, 2.75) is 19.9 Å². The van der Waals surface area contributed by atoms with Gasteiger partial charge in [-0.3, -0.25) is 0 Å². The van der Waals surface area contributed by atoms with E-state index in [1.807, 2.05) is 19.9 Å². The van der Waals surface area contributed by atoms with Crippen molar-refractivity contribution in [2.75, 3.05) is 6.54 Å². The molecule has 0 fully saturated rings. The maximum atomic E-state index is 11.3. The third-order valence-electron chi connectivity index (χ3n) is 2.13. The summed E-state index contributed by atoms with van der Waals surface area (Å²) in [6.07, 6.45) is 0. The van der Waals surface area contributed by atoms with Crippen LogP contribution < -0.4 is 10.6 Å². The molecular weight excluding hydrogens is 247 g/mol. The minimum absolute atomic E-state index is 0.110. The molecule has 1 aromatic rings. The summed E-state index contributed by atoms with van der Waals surface area (Å²) >= 11 is 11.7. The van der Waals surface area contributed by atoms with Crippen molar-refractivity contribution >= 4 is 29.2 Å². The van der Waals surface area contributed by atoms with Gasteiger partial charge in [-0.1, -0.05) is 29.3 Å². The molecule has 0 aromatic heterocycles. The molecule has 1 atom stereocenters. The highest BCUT2D eigenvalue weighted by molar-refractivity contribution is 6.42. The quantitative estimate of drug-likeness (QED) is 0.860. The maximum Gasteiger partial charge on any atom is 0.315 e. The Morgan fingerprint density at radius 1 is 1.38 bits per heavy atom. The summed E-state index contributed by atoms with van der Waals surface area (Å²) in [5.41, 5.74) is 0.917. The average Bonchev–Trinajstić information content (AvgIpc) is 2.22. The standard InChI is InChI=1S/C11H14Cl2N2O/c1-3-14-11(16)15-7(2)8-4-5-9(12)10(13)6-8/h4-7H,3H2,1-2H3,(H2,14,15,16). The van der Waals surface area contributed by atoms with E-state index in [4.69, 9.17) is 23.2 Å². The molecule has 3 nitrogen and oxygen atoms in total. The van der Waals surface area contributed by atoms with Gasteiger partial charge in [0.25, 0.3) is 0 Å². The van der Waals surface area contributed by atoms with Crippen LogP contribution in [0.5, 0.6) is 0 Å². The van der Waals surface area contributed by atoms with Crippen LogP contribution in [-0.2, 0) is 0 Å². The lowest BCUT2D eigenvalue weighted by molar-refractivity contribution is 0.238. The van der Waals surface area contributed by atoms with Crippen molar-refractivity contribution in [1.29, 1.82) is 0 Å². The predicted molar refractivity (Wildman–Crippen MR) is 67.1 cm³/mol. The van der Waals surface area contributed by atoms with Gasteiger partial charge in [0.15, 0.2) is 0 Å². The van der Waals surface area contributed by atoms with Crippen LogP contribution in [0.2, 0.25) is 10.0 Å². The smallest absolute Gasteiger partial charge is 0.315 e. The Bertz CT molecular complexity index is 382. The molecule has 0 saturated carbocycles. The first-order valence-electron chi connectivity index (χ1n) is 5.04. The van der Waals surface area contributed by atoms with E-state index in [9.17, 15) is 4.79 Å². The first-order valence-corrected chi connectivity index (χ1v) is 5.79. The van der Waals surface area contributed by atoms with Crippen molar-refractivity contribution in [3.8, 4) is 0 Å². The highest BCUT2D eigenvalue weighted by atomic mass is 35.5. The zero-order chi connectivity index (χ0) is 12.1. The lowest BCUT2D eigenvalue weighted by Gasteiger charge is -2.15. The summed E-state index contributed by atoms with van der Waals surface area (Å²) in [5, 5.41) is 6.45. The van der Waals surface area contributed by atoms with E-state index >= 15 is 0 Å². The minimum atomic E-state index is -0.193. The molecule has 0 spiro atoms. The Morgan fingerprint density at radius 3 is 2.62 bits per heavy atom. The number of urea groups is 1. The van der Waals surface area contributed by atoms with E-state index in [0.717, 1.165) is 5.56 Å². The van der Waals surface area contributed by atoms with Crippen molar-refractivity contribution in [2.24, 2.45) is 0 Å². The van der Waals surface area contributed by atoms with Gasteiger partial charge in [0.2, 0.25) is 0 Å².